The Morgan fingerprint density at radius 1 is 0.810 bits per heavy atom. The average molecular weight is 299 g/mol. The van der Waals surface area contributed by atoms with Crippen LogP contribution in [-0.4, -0.2) is 11.1 Å². The van der Waals surface area contributed by atoms with Gasteiger partial charge in [0.2, 0.25) is 5.91 Å². The first-order valence-electron chi connectivity index (χ1n) is 8.99. The van der Waals surface area contributed by atoms with Gasteiger partial charge >= 0.3 is 0 Å². The van der Waals surface area contributed by atoms with E-state index >= 15 is 0 Å². The van der Waals surface area contributed by atoms with Crippen LogP contribution in [0.15, 0.2) is 0 Å². The second-order valence-corrected chi connectivity index (χ2v) is 6.96. The molecule has 0 fully saturated rings. The number of amides is 1. The zero-order valence-electron chi connectivity index (χ0n) is 14.5. The average Bonchev–Trinajstić information content (AvgIpc) is 2.47. The molecule has 0 radical (unpaired) electrons. The second kappa shape index (κ2) is 13.1. The third-order valence-electron chi connectivity index (χ3n) is 4.37. The van der Waals surface area contributed by atoms with Gasteiger partial charge in [0.15, 0.2) is 0 Å². The van der Waals surface area contributed by atoms with Crippen molar-refractivity contribution in [1.29, 1.82) is 0 Å². The minimum Gasteiger partial charge on any atom is -0.289 e. The van der Waals surface area contributed by atoms with Gasteiger partial charge in [-0.05, 0) is 6.42 Å². The maximum Gasteiger partial charge on any atom is 0.248 e. The van der Waals surface area contributed by atoms with Crippen LogP contribution < -0.4 is 5.48 Å². The predicted octanol–water partition coefficient (Wildman–Crippen LogP) is 5.61. The van der Waals surface area contributed by atoms with Gasteiger partial charge in [0.1, 0.15) is 0 Å². The second-order valence-electron chi connectivity index (χ2n) is 6.96. The van der Waals surface area contributed by atoms with E-state index in [1.807, 2.05) is 13.8 Å². The van der Waals surface area contributed by atoms with Crippen molar-refractivity contribution in [2.75, 3.05) is 0 Å². The molecular formula is C18H37NO2. The van der Waals surface area contributed by atoms with E-state index in [2.05, 4.69) is 6.92 Å². The Morgan fingerprint density at radius 3 is 1.57 bits per heavy atom. The van der Waals surface area contributed by atoms with Crippen LogP contribution in [0.3, 0.4) is 0 Å². The number of unbranched alkanes of at least 4 members (excludes halogenated alkanes) is 11. The van der Waals surface area contributed by atoms with Crippen molar-refractivity contribution in [3.05, 3.63) is 0 Å². The molecule has 2 N–H and O–H groups in total. The van der Waals surface area contributed by atoms with Gasteiger partial charge in [-0.3, -0.25) is 10.0 Å². The molecule has 0 bridgehead atoms. The molecule has 3 heteroatoms. The van der Waals surface area contributed by atoms with Crippen LogP contribution in [0.4, 0.5) is 0 Å². The maximum absolute atomic E-state index is 11.4. The third-order valence-corrected chi connectivity index (χ3v) is 4.37. The maximum atomic E-state index is 11.4. The lowest BCUT2D eigenvalue weighted by Gasteiger charge is -2.21. The summed E-state index contributed by atoms with van der Waals surface area (Å²) in [6.07, 6.45) is 16.8. The molecule has 3 nitrogen and oxygen atoms in total. The summed E-state index contributed by atoms with van der Waals surface area (Å²) < 4.78 is 0. The first kappa shape index (κ1) is 20.4. The molecule has 126 valence electrons. The molecule has 21 heavy (non-hydrogen) atoms. The first-order valence-corrected chi connectivity index (χ1v) is 8.99. The van der Waals surface area contributed by atoms with Crippen molar-refractivity contribution in [3.8, 4) is 0 Å². The van der Waals surface area contributed by atoms with Gasteiger partial charge in [0, 0.05) is 5.41 Å². The molecule has 0 rings (SSSR count). The molecule has 0 aliphatic rings. The molecule has 0 heterocycles. The molecule has 1 amide bonds. The Morgan fingerprint density at radius 2 is 1.19 bits per heavy atom. The Bertz CT molecular complexity index is 252. The summed E-state index contributed by atoms with van der Waals surface area (Å²) in [5.74, 6) is -0.273. The highest BCUT2D eigenvalue weighted by Crippen LogP contribution is 2.24. The van der Waals surface area contributed by atoms with Crippen LogP contribution in [0.25, 0.3) is 0 Å². The van der Waals surface area contributed by atoms with Crippen LogP contribution in [0.2, 0.25) is 0 Å². The van der Waals surface area contributed by atoms with Crippen molar-refractivity contribution < 1.29 is 10.0 Å². The van der Waals surface area contributed by atoms with Crippen LogP contribution in [0, 0.1) is 5.41 Å². The Balaban J connectivity index is 3.28. The number of hydroxylamine groups is 1. The van der Waals surface area contributed by atoms with Crippen molar-refractivity contribution in [1.82, 2.24) is 5.48 Å². The van der Waals surface area contributed by atoms with E-state index in [4.69, 9.17) is 5.21 Å². The molecule has 0 atom stereocenters. The van der Waals surface area contributed by atoms with Gasteiger partial charge in [-0.15, -0.1) is 0 Å². The summed E-state index contributed by atoms with van der Waals surface area (Å²) in [6, 6.07) is 0. The highest BCUT2D eigenvalue weighted by molar-refractivity contribution is 5.80. The van der Waals surface area contributed by atoms with E-state index in [-0.39, 0.29) is 5.91 Å². The molecule has 0 unspecified atom stereocenters. The minimum absolute atomic E-state index is 0.273. The summed E-state index contributed by atoms with van der Waals surface area (Å²) in [7, 11) is 0. The van der Waals surface area contributed by atoms with E-state index in [0.717, 1.165) is 12.8 Å². The molecule has 0 aromatic carbocycles. The van der Waals surface area contributed by atoms with Gasteiger partial charge in [-0.1, -0.05) is 97.8 Å². The van der Waals surface area contributed by atoms with Crippen molar-refractivity contribution in [2.45, 2.75) is 104 Å². The zero-order chi connectivity index (χ0) is 16.0. The van der Waals surface area contributed by atoms with E-state index in [0.29, 0.717) is 0 Å². The summed E-state index contributed by atoms with van der Waals surface area (Å²) in [5, 5.41) is 8.66. The minimum atomic E-state index is -0.451. The molecular weight excluding hydrogens is 262 g/mol. The van der Waals surface area contributed by atoms with Gasteiger partial charge in [0.25, 0.3) is 0 Å². The lowest BCUT2D eigenvalue weighted by atomic mass is 9.86. The van der Waals surface area contributed by atoms with Crippen molar-refractivity contribution in [2.24, 2.45) is 5.41 Å². The first-order chi connectivity index (χ1) is 10.0. The van der Waals surface area contributed by atoms with Gasteiger partial charge in [0.05, 0.1) is 0 Å². The zero-order valence-corrected chi connectivity index (χ0v) is 14.5. The third kappa shape index (κ3) is 11.7. The predicted molar refractivity (Wildman–Crippen MR) is 89.4 cm³/mol. The number of carbonyl (C=O) groups is 1. The van der Waals surface area contributed by atoms with E-state index in [9.17, 15) is 4.79 Å². The number of hydrogen-bond acceptors (Lipinski definition) is 2. The lowest BCUT2D eigenvalue weighted by Crippen LogP contribution is -2.34. The summed E-state index contributed by atoms with van der Waals surface area (Å²) in [6.45, 7) is 6.03. The SMILES string of the molecule is CCCCCCCCCCCCCCC(C)(C)C(=O)NO. The number of rotatable bonds is 14. The molecule has 0 saturated carbocycles. The Hall–Kier alpha value is -0.570. The molecule has 0 aromatic rings. The molecule has 0 aliphatic carbocycles. The molecule has 0 aliphatic heterocycles. The fraction of sp³-hybridized carbons (Fsp3) is 0.944. The monoisotopic (exact) mass is 299 g/mol. The quantitative estimate of drug-likeness (QED) is 0.249. The number of nitrogens with one attached hydrogen (secondary N) is 1. The number of hydrogen-bond donors (Lipinski definition) is 2. The fourth-order valence-corrected chi connectivity index (χ4v) is 2.67. The molecule has 0 aromatic heterocycles. The topological polar surface area (TPSA) is 49.3 Å². The van der Waals surface area contributed by atoms with E-state index < -0.39 is 5.41 Å². The smallest absolute Gasteiger partial charge is 0.248 e. The lowest BCUT2D eigenvalue weighted by molar-refractivity contribution is -0.138. The van der Waals surface area contributed by atoms with E-state index in [1.165, 1.54) is 70.6 Å². The van der Waals surface area contributed by atoms with Crippen LogP contribution in [0.5, 0.6) is 0 Å². The van der Waals surface area contributed by atoms with Crippen LogP contribution in [-0.2, 0) is 4.79 Å². The summed E-state index contributed by atoms with van der Waals surface area (Å²) >= 11 is 0. The van der Waals surface area contributed by atoms with Crippen molar-refractivity contribution >= 4 is 5.91 Å². The van der Waals surface area contributed by atoms with E-state index in [1.54, 1.807) is 5.48 Å². The Kier molecular flexibility index (Phi) is 12.8. The van der Waals surface area contributed by atoms with Gasteiger partial charge < -0.3 is 0 Å². The largest absolute Gasteiger partial charge is 0.289 e. The number of carbonyl (C=O) groups excluding carboxylic acids is 1. The van der Waals surface area contributed by atoms with Crippen LogP contribution >= 0.6 is 0 Å². The van der Waals surface area contributed by atoms with Crippen molar-refractivity contribution in [3.63, 3.8) is 0 Å². The summed E-state index contributed by atoms with van der Waals surface area (Å²) in [5.41, 5.74) is 1.31. The van der Waals surface area contributed by atoms with Crippen LogP contribution in [0.1, 0.15) is 104 Å². The highest BCUT2D eigenvalue weighted by atomic mass is 16.5. The summed E-state index contributed by atoms with van der Waals surface area (Å²) in [4.78, 5) is 11.4. The highest BCUT2D eigenvalue weighted by Gasteiger charge is 2.26. The standard InChI is InChI=1S/C18H37NO2/c1-4-5-6-7-8-9-10-11-12-13-14-15-16-18(2,3)17(20)19-21/h21H,4-16H2,1-3H3,(H,19,20). The fourth-order valence-electron chi connectivity index (χ4n) is 2.67. The van der Waals surface area contributed by atoms with Gasteiger partial charge in [-0.2, -0.15) is 0 Å². The Labute approximate surface area is 131 Å². The molecule has 0 saturated heterocycles. The van der Waals surface area contributed by atoms with Gasteiger partial charge in [-0.25, -0.2) is 5.48 Å². The normalized spacial score (nSPS) is 11.6. The molecule has 0 spiro atoms.